The van der Waals surface area contributed by atoms with Crippen LogP contribution in [0, 0.1) is 12.8 Å². The summed E-state index contributed by atoms with van der Waals surface area (Å²) in [5.41, 5.74) is 4.30. The summed E-state index contributed by atoms with van der Waals surface area (Å²) in [5, 5.41) is 0. The van der Waals surface area contributed by atoms with Crippen molar-refractivity contribution in [2.75, 3.05) is 0 Å². The lowest BCUT2D eigenvalue weighted by atomic mass is 10.0. The fraction of sp³-hybridized carbons (Fsp3) is 0.312. The molecule has 0 spiro atoms. The SMILES string of the molecule is C=C(/C(C)=C\C=C/C(C)C)c1ncccc1C. The number of aryl methyl sites for hydroxylation is 1. The van der Waals surface area contributed by atoms with Crippen molar-refractivity contribution in [2.45, 2.75) is 27.7 Å². The van der Waals surface area contributed by atoms with E-state index in [0.717, 1.165) is 22.4 Å². The summed E-state index contributed by atoms with van der Waals surface area (Å²) in [6, 6.07) is 4.01. The number of nitrogens with zero attached hydrogens (tertiary/aromatic N) is 1. The van der Waals surface area contributed by atoms with Crippen LogP contribution in [0.15, 0.2) is 48.7 Å². The first kappa shape index (κ1) is 13.4. The van der Waals surface area contributed by atoms with Crippen molar-refractivity contribution in [2.24, 2.45) is 5.92 Å². The Morgan fingerprint density at radius 1 is 1.41 bits per heavy atom. The minimum atomic E-state index is 0.573. The second kappa shape index (κ2) is 6.19. The van der Waals surface area contributed by atoms with E-state index in [0.29, 0.717) is 5.92 Å². The largest absolute Gasteiger partial charge is 0.256 e. The fourth-order valence-corrected chi connectivity index (χ4v) is 1.51. The maximum Gasteiger partial charge on any atom is 0.0727 e. The first-order valence-corrected chi connectivity index (χ1v) is 5.98. The molecule has 0 saturated heterocycles. The zero-order valence-corrected chi connectivity index (χ0v) is 11.2. The Kier molecular flexibility index (Phi) is 4.89. The van der Waals surface area contributed by atoms with Crippen molar-refractivity contribution < 1.29 is 0 Å². The van der Waals surface area contributed by atoms with E-state index >= 15 is 0 Å². The Labute approximate surface area is 105 Å². The number of pyridine rings is 1. The normalized spacial score (nSPS) is 12.4. The van der Waals surface area contributed by atoms with Crippen molar-refractivity contribution in [3.8, 4) is 0 Å². The lowest BCUT2D eigenvalue weighted by Crippen LogP contribution is -1.92. The molecule has 0 aromatic carbocycles. The molecule has 1 heteroatoms. The molecule has 0 radical (unpaired) electrons. The molecule has 0 atom stereocenters. The molecule has 0 aliphatic rings. The van der Waals surface area contributed by atoms with Crippen molar-refractivity contribution >= 4 is 5.57 Å². The summed E-state index contributed by atoms with van der Waals surface area (Å²) in [6.07, 6.45) is 8.16. The smallest absolute Gasteiger partial charge is 0.0727 e. The van der Waals surface area contributed by atoms with E-state index in [9.17, 15) is 0 Å². The van der Waals surface area contributed by atoms with Crippen LogP contribution in [0.1, 0.15) is 32.0 Å². The van der Waals surface area contributed by atoms with Gasteiger partial charge >= 0.3 is 0 Å². The summed E-state index contributed by atoms with van der Waals surface area (Å²) in [4.78, 5) is 4.38. The summed E-state index contributed by atoms with van der Waals surface area (Å²) in [7, 11) is 0. The van der Waals surface area contributed by atoms with Crippen LogP contribution in [0.25, 0.3) is 5.57 Å². The van der Waals surface area contributed by atoms with Gasteiger partial charge in [-0.25, -0.2) is 0 Å². The third kappa shape index (κ3) is 4.03. The molecule has 17 heavy (non-hydrogen) atoms. The summed E-state index contributed by atoms with van der Waals surface area (Å²) < 4.78 is 0. The predicted octanol–water partition coefficient (Wildman–Crippen LogP) is 4.56. The summed E-state index contributed by atoms with van der Waals surface area (Å²) >= 11 is 0. The molecule has 0 unspecified atom stereocenters. The molecule has 0 saturated carbocycles. The van der Waals surface area contributed by atoms with E-state index < -0.39 is 0 Å². The van der Waals surface area contributed by atoms with Gasteiger partial charge in [-0.2, -0.15) is 0 Å². The monoisotopic (exact) mass is 227 g/mol. The third-order valence-corrected chi connectivity index (χ3v) is 2.61. The van der Waals surface area contributed by atoms with Crippen LogP contribution in [0.2, 0.25) is 0 Å². The van der Waals surface area contributed by atoms with Crippen LogP contribution in [0.4, 0.5) is 0 Å². The Morgan fingerprint density at radius 2 is 2.12 bits per heavy atom. The lowest BCUT2D eigenvalue weighted by molar-refractivity contribution is 0.832. The average Bonchev–Trinajstić information content (AvgIpc) is 2.28. The van der Waals surface area contributed by atoms with Gasteiger partial charge in [-0.3, -0.25) is 4.98 Å². The first-order chi connectivity index (χ1) is 8.02. The molecule has 90 valence electrons. The first-order valence-electron chi connectivity index (χ1n) is 5.98. The highest BCUT2D eigenvalue weighted by Crippen LogP contribution is 2.21. The number of allylic oxidation sites excluding steroid dienone is 5. The minimum absolute atomic E-state index is 0.573. The van der Waals surface area contributed by atoms with Crippen LogP contribution in [-0.2, 0) is 0 Å². The molecule has 1 aromatic rings. The minimum Gasteiger partial charge on any atom is -0.256 e. The molecule has 0 aliphatic heterocycles. The zero-order valence-electron chi connectivity index (χ0n) is 11.2. The van der Waals surface area contributed by atoms with E-state index in [1.807, 2.05) is 12.3 Å². The van der Waals surface area contributed by atoms with Gasteiger partial charge in [0.15, 0.2) is 0 Å². The highest BCUT2D eigenvalue weighted by molar-refractivity contribution is 5.76. The topological polar surface area (TPSA) is 12.9 Å². The van der Waals surface area contributed by atoms with Crippen molar-refractivity contribution in [3.63, 3.8) is 0 Å². The van der Waals surface area contributed by atoms with Gasteiger partial charge in [-0.1, -0.05) is 44.7 Å². The van der Waals surface area contributed by atoms with Gasteiger partial charge in [0.25, 0.3) is 0 Å². The lowest BCUT2D eigenvalue weighted by Gasteiger charge is -2.07. The zero-order chi connectivity index (χ0) is 12.8. The van der Waals surface area contributed by atoms with E-state index in [1.54, 1.807) is 0 Å². The number of hydrogen-bond acceptors (Lipinski definition) is 1. The Hall–Kier alpha value is -1.63. The molecule has 0 amide bonds. The van der Waals surface area contributed by atoms with Gasteiger partial charge in [0.05, 0.1) is 5.69 Å². The quantitative estimate of drug-likeness (QED) is 0.687. The summed E-state index contributed by atoms with van der Waals surface area (Å²) in [5.74, 6) is 0.573. The van der Waals surface area contributed by atoms with Gasteiger partial charge < -0.3 is 0 Å². The number of rotatable bonds is 4. The Bertz CT molecular complexity index is 450. The third-order valence-electron chi connectivity index (χ3n) is 2.61. The molecular weight excluding hydrogens is 206 g/mol. The summed E-state index contributed by atoms with van der Waals surface area (Å²) in [6.45, 7) is 12.6. The van der Waals surface area contributed by atoms with E-state index in [2.05, 4.69) is 63.6 Å². The van der Waals surface area contributed by atoms with Gasteiger partial charge in [-0.05, 0) is 42.5 Å². The maximum atomic E-state index is 4.38. The second-order valence-corrected chi connectivity index (χ2v) is 4.63. The highest BCUT2D eigenvalue weighted by atomic mass is 14.7. The van der Waals surface area contributed by atoms with Gasteiger partial charge in [0.2, 0.25) is 0 Å². The second-order valence-electron chi connectivity index (χ2n) is 4.63. The Balaban J connectivity index is 2.87. The maximum absolute atomic E-state index is 4.38. The standard InChI is InChI=1S/C16H21N/c1-12(2)8-6-9-13(3)15(5)16-14(4)10-7-11-17-16/h6-12H,5H2,1-4H3/b8-6-,13-9-. The van der Waals surface area contributed by atoms with Crippen LogP contribution < -0.4 is 0 Å². The van der Waals surface area contributed by atoms with Crippen LogP contribution in [0.5, 0.6) is 0 Å². The van der Waals surface area contributed by atoms with E-state index in [1.165, 1.54) is 0 Å². The molecule has 0 bridgehead atoms. The molecule has 0 aliphatic carbocycles. The molecule has 1 rings (SSSR count). The van der Waals surface area contributed by atoms with Crippen molar-refractivity contribution in [1.29, 1.82) is 0 Å². The molecule has 0 fully saturated rings. The molecule has 1 nitrogen and oxygen atoms in total. The molecular formula is C16H21N. The fourth-order valence-electron chi connectivity index (χ4n) is 1.51. The number of hydrogen-bond donors (Lipinski definition) is 0. The number of aromatic nitrogens is 1. The van der Waals surface area contributed by atoms with Crippen LogP contribution in [-0.4, -0.2) is 4.98 Å². The van der Waals surface area contributed by atoms with Crippen molar-refractivity contribution in [3.05, 3.63) is 60.0 Å². The molecule has 0 N–H and O–H groups in total. The van der Waals surface area contributed by atoms with Crippen LogP contribution in [0.3, 0.4) is 0 Å². The van der Waals surface area contributed by atoms with Crippen LogP contribution >= 0.6 is 0 Å². The Morgan fingerprint density at radius 3 is 2.71 bits per heavy atom. The average molecular weight is 227 g/mol. The van der Waals surface area contributed by atoms with E-state index in [-0.39, 0.29) is 0 Å². The van der Waals surface area contributed by atoms with Gasteiger partial charge in [-0.15, -0.1) is 0 Å². The van der Waals surface area contributed by atoms with Crippen molar-refractivity contribution in [1.82, 2.24) is 4.98 Å². The predicted molar refractivity (Wildman–Crippen MR) is 75.7 cm³/mol. The van der Waals surface area contributed by atoms with Gasteiger partial charge in [0, 0.05) is 6.20 Å². The molecule has 1 aromatic heterocycles. The molecule has 1 heterocycles. The highest BCUT2D eigenvalue weighted by Gasteiger charge is 2.04. The van der Waals surface area contributed by atoms with Gasteiger partial charge in [0.1, 0.15) is 0 Å². The van der Waals surface area contributed by atoms with E-state index in [4.69, 9.17) is 0 Å².